The fraction of sp³-hybridized carbons (Fsp3) is 0.323. The summed E-state index contributed by atoms with van der Waals surface area (Å²) in [6, 6.07) is 15.7. The van der Waals surface area contributed by atoms with Gasteiger partial charge in [-0.3, -0.25) is 0 Å². The second-order valence-corrected chi connectivity index (χ2v) is 10.6. The molecular formula is C31H31N3O4. The number of carboxylic acids is 1. The van der Waals surface area contributed by atoms with Crippen LogP contribution >= 0.6 is 0 Å². The van der Waals surface area contributed by atoms with Crippen molar-refractivity contribution in [3.8, 4) is 17.0 Å². The maximum absolute atomic E-state index is 11.5. The molecule has 0 unspecified atom stereocenters. The summed E-state index contributed by atoms with van der Waals surface area (Å²) in [7, 11) is 0. The van der Waals surface area contributed by atoms with Crippen LogP contribution in [0.3, 0.4) is 0 Å². The summed E-state index contributed by atoms with van der Waals surface area (Å²) in [4.78, 5) is 18.2. The number of aromatic nitrogens is 2. The Kier molecular flexibility index (Phi) is 6.14. The number of rotatable bonds is 8. The molecule has 38 heavy (non-hydrogen) atoms. The lowest BCUT2D eigenvalue weighted by Gasteiger charge is -2.39. The van der Waals surface area contributed by atoms with Crippen LogP contribution in [0.1, 0.15) is 60.0 Å². The van der Waals surface area contributed by atoms with Crippen LogP contribution in [0.25, 0.3) is 28.2 Å². The third-order valence-electron chi connectivity index (χ3n) is 7.25. The maximum atomic E-state index is 11.5. The predicted octanol–water partition coefficient (Wildman–Crippen LogP) is 6.71. The molecule has 1 saturated heterocycles. The Bertz CT molecular complexity index is 1540. The second kappa shape index (κ2) is 9.63. The van der Waals surface area contributed by atoms with Crippen LogP contribution < -0.4 is 9.64 Å². The largest absolute Gasteiger partial charge is 0.490 e. The lowest BCUT2D eigenvalue weighted by Crippen LogP contribution is -2.45. The highest BCUT2D eigenvalue weighted by molar-refractivity contribution is 5.94. The van der Waals surface area contributed by atoms with Crippen molar-refractivity contribution in [1.29, 1.82) is 0 Å². The van der Waals surface area contributed by atoms with Crippen molar-refractivity contribution in [1.82, 2.24) is 10.1 Å². The lowest BCUT2D eigenvalue weighted by molar-refractivity contribution is 0.0690. The number of nitrogens with zero attached hydrogens (tertiary/aromatic N) is 3. The van der Waals surface area contributed by atoms with Crippen LogP contribution in [-0.4, -0.2) is 40.4 Å². The fourth-order valence-electron chi connectivity index (χ4n) is 5.06. The van der Waals surface area contributed by atoms with Gasteiger partial charge in [-0.1, -0.05) is 41.6 Å². The van der Waals surface area contributed by atoms with Gasteiger partial charge in [-0.25, -0.2) is 9.78 Å². The van der Waals surface area contributed by atoms with E-state index in [1.165, 1.54) is 11.6 Å². The molecular weight excluding hydrogens is 478 g/mol. The van der Waals surface area contributed by atoms with Crippen molar-refractivity contribution in [3.63, 3.8) is 0 Å². The zero-order chi connectivity index (χ0) is 26.4. The van der Waals surface area contributed by atoms with Gasteiger partial charge in [0.1, 0.15) is 17.2 Å². The van der Waals surface area contributed by atoms with E-state index >= 15 is 0 Å². The minimum atomic E-state index is -1.06. The normalized spacial score (nSPS) is 15.9. The molecule has 2 fully saturated rings. The first-order valence-electron chi connectivity index (χ1n) is 13.2. The molecule has 6 rings (SSSR count). The van der Waals surface area contributed by atoms with Gasteiger partial charge in [0.25, 0.3) is 0 Å². The van der Waals surface area contributed by atoms with Crippen molar-refractivity contribution < 1.29 is 19.2 Å². The van der Waals surface area contributed by atoms with Crippen molar-refractivity contribution in [2.24, 2.45) is 5.92 Å². The quantitative estimate of drug-likeness (QED) is 0.282. The molecule has 1 aliphatic heterocycles. The molecule has 0 amide bonds. The summed E-state index contributed by atoms with van der Waals surface area (Å²) in [5, 5.41) is 14.7. The lowest BCUT2D eigenvalue weighted by atomic mass is 9.95. The molecule has 1 saturated carbocycles. The van der Waals surface area contributed by atoms with Crippen molar-refractivity contribution in [2.45, 2.75) is 45.6 Å². The van der Waals surface area contributed by atoms with Gasteiger partial charge in [-0.15, -0.1) is 0 Å². The first-order chi connectivity index (χ1) is 18.4. The Morgan fingerprint density at radius 1 is 1.16 bits per heavy atom. The molecule has 0 bridgehead atoms. The molecule has 1 N–H and O–H groups in total. The highest BCUT2D eigenvalue weighted by Gasteiger charge is 2.32. The highest BCUT2D eigenvalue weighted by Crippen LogP contribution is 2.45. The summed E-state index contributed by atoms with van der Waals surface area (Å²) >= 11 is 0. The smallest absolute Gasteiger partial charge is 0.354 e. The van der Waals surface area contributed by atoms with Crippen LogP contribution in [0, 0.1) is 12.8 Å². The van der Waals surface area contributed by atoms with Gasteiger partial charge in [-0.2, -0.15) is 0 Å². The number of benzene rings is 2. The zero-order valence-electron chi connectivity index (χ0n) is 21.8. The molecule has 7 heteroatoms. The molecule has 0 atom stereocenters. The molecule has 7 nitrogen and oxygen atoms in total. The molecule has 2 aromatic heterocycles. The summed E-state index contributed by atoms with van der Waals surface area (Å²) in [6.45, 7) is 7.76. The number of hydrogen-bond donors (Lipinski definition) is 1. The minimum Gasteiger partial charge on any atom is -0.490 e. The number of pyridine rings is 1. The van der Waals surface area contributed by atoms with Gasteiger partial charge in [0, 0.05) is 53.2 Å². The van der Waals surface area contributed by atoms with Crippen LogP contribution in [0.15, 0.2) is 59.1 Å². The number of ether oxygens (including phenoxy) is 1. The Morgan fingerprint density at radius 2 is 1.95 bits per heavy atom. The summed E-state index contributed by atoms with van der Waals surface area (Å²) < 4.78 is 11.8. The fourth-order valence-corrected chi connectivity index (χ4v) is 5.06. The van der Waals surface area contributed by atoms with E-state index < -0.39 is 5.97 Å². The number of hydrogen-bond acceptors (Lipinski definition) is 6. The van der Waals surface area contributed by atoms with E-state index in [0.29, 0.717) is 23.1 Å². The number of aryl methyl sites for hydroxylation is 1. The van der Waals surface area contributed by atoms with Crippen molar-refractivity contribution >= 4 is 28.6 Å². The highest BCUT2D eigenvalue weighted by atomic mass is 16.5. The van der Waals surface area contributed by atoms with Crippen LogP contribution in [0.5, 0.6) is 5.75 Å². The maximum Gasteiger partial charge on any atom is 0.354 e. The van der Waals surface area contributed by atoms with E-state index in [1.54, 1.807) is 0 Å². The molecule has 2 aliphatic rings. The Hall–Kier alpha value is -4.13. The number of aromatic carboxylic acids is 1. The average Bonchev–Trinajstić information content (AvgIpc) is 3.62. The molecule has 3 heterocycles. The first-order valence-corrected chi connectivity index (χ1v) is 13.2. The summed E-state index contributed by atoms with van der Waals surface area (Å²) in [5.41, 5.74) is 6.02. The Balaban J connectivity index is 1.22. The standard InChI is InChI=1S/C31H31N3O4/c1-18(2)37-28-15-27(31(35)36)32-26-13-11-22(14-25(26)28)34-16-20(17-34)8-12-24-29(23-7-5-4-6-19(23)3)33-38-30(24)21-9-10-21/h4-8,11-15,18,20-21H,9-10,16-17H2,1-3H3,(H,35,36)/b12-8+. The van der Waals surface area contributed by atoms with Gasteiger partial charge >= 0.3 is 5.97 Å². The Morgan fingerprint density at radius 3 is 2.66 bits per heavy atom. The Labute approximate surface area is 221 Å². The summed E-state index contributed by atoms with van der Waals surface area (Å²) in [6.07, 6.45) is 6.74. The molecule has 0 radical (unpaired) electrons. The van der Waals surface area contributed by atoms with E-state index in [9.17, 15) is 9.90 Å². The number of anilines is 1. The molecule has 1 aliphatic carbocycles. The average molecular weight is 510 g/mol. The van der Waals surface area contributed by atoms with Crippen molar-refractivity contribution in [2.75, 3.05) is 18.0 Å². The summed E-state index contributed by atoms with van der Waals surface area (Å²) in [5.74, 6) is 1.38. The molecule has 194 valence electrons. The van der Waals surface area contributed by atoms with Crippen LogP contribution in [-0.2, 0) is 0 Å². The SMILES string of the molecule is Cc1ccccc1-c1noc(C2CC2)c1/C=C/C1CN(c2ccc3nc(C(=O)O)cc(OC(C)C)c3c2)C1. The van der Waals surface area contributed by atoms with E-state index in [0.717, 1.165) is 59.6 Å². The topological polar surface area (TPSA) is 88.7 Å². The van der Waals surface area contributed by atoms with E-state index in [2.05, 4.69) is 46.2 Å². The van der Waals surface area contributed by atoms with Gasteiger partial charge in [0.15, 0.2) is 5.69 Å². The molecule has 0 spiro atoms. The van der Waals surface area contributed by atoms with E-state index in [-0.39, 0.29) is 11.8 Å². The second-order valence-electron chi connectivity index (χ2n) is 10.6. The molecule has 2 aromatic carbocycles. The number of fused-ring (bicyclic) bond motifs is 1. The molecule has 4 aromatic rings. The van der Waals surface area contributed by atoms with Crippen LogP contribution in [0.2, 0.25) is 0 Å². The van der Waals surface area contributed by atoms with Gasteiger partial charge in [0.2, 0.25) is 0 Å². The zero-order valence-corrected chi connectivity index (χ0v) is 21.8. The predicted molar refractivity (Wildman–Crippen MR) is 148 cm³/mol. The van der Waals surface area contributed by atoms with E-state index in [4.69, 9.17) is 9.26 Å². The third kappa shape index (κ3) is 4.64. The number of carboxylic acid groups (broad SMARTS) is 1. The minimum absolute atomic E-state index is 0.0144. The van der Waals surface area contributed by atoms with E-state index in [1.807, 2.05) is 44.2 Å². The van der Waals surface area contributed by atoms with Crippen LogP contribution in [0.4, 0.5) is 5.69 Å². The number of carbonyl (C=O) groups is 1. The van der Waals surface area contributed by atoms with Gasteiger partial charge in [0.05, 0.1) is 11.6 Å². The van der Waals surface area contributed by atoms with Gasteiger partial charge in [-0.05, 0) is 57.4 Å². The third-order valence-corrected chi connectivity index (χ3v) is 7.25. The van der Waals surface area contributed by atoms with Gasteiger partial charge < -0.3 is 19.3 Å². The first kappa shape index (κ1) is 24.2. The monoisotopic (exact) mass is 509 g/mol. The van der Waals surface area contributed by atoms with Crippen molar-refractivity contribution in [3.05, 3.63) is 77.2 Å².